The van der Waals surface area contributed by atoms with Crippen molar-refractivity contribution < 1.29 is 4.79 Å². The van der Waals surface area contributed by atoms with E-state index in [-0.39, 0.29) is 11.2 Å². The van der Waals surface area contributed by atoms with Gasteiger partial charge < -0.3 is 9.80 Å². The van der Waals surface area contributed by atoms with Crippen molar-refractivity contribution in [2.24, 2.45) is 0 Å². The van der Waals surface area contributed by atoms with Crippen LogP contribution in [0.15, 0.2) is 6.20 Å². The molecule has 1 amide bonds. The van der Waals surface area contributed by atoms with Crippen LogP contribution in [0.3, 0.4) is 0 Å². The van der Waals surface area contributed by atoms with Gasteiger partial charge in [0.2, 0.25) is 11.2 Å². The van der Waals surface area contributed by atoms with E-state index in [1.165, 1.54) is 0 Å². The van der Waals surface area contributed by atoms with Gasteiger partial charge in [-0.05, 0) is 31.4 Å². The Kier molecular flexibility index (Phi) is 4.81. The maximum Gasteiger partial charge on any atom is 0.228 e. The Balaban J connectivity index is 2.52. The van der Waals surface area contributed by atoms with Gasteiger partial charge in [-0.2, -0.15) is 4.98 Å². The SMILES string of the molecule is CCC(CC)N1CCC(=O)N(CC)c2cnc(Cl)nc21. The number of nitrogens with zero attached hydrogens (tertiary/aromatic N) is 4. The number of aromatic nitrogens is 2. The Morgan fingerprint density at radius 3 is 2.65 bits per heavy atom. The van der Waals surface area contributed by atoms with Crippen LogP contribution in [-0.2, 0) is 4.79 Å². The summed E-state index contributed by atoms with van der Waals surface area (Å²) in [7, 11) is 0. The summed E-state index contributed by atoms with van der Waals surface area (Å²) in [5, 5.41) is 0.227. The highest BCUT2D eigenvalue weighted by Crippen LogP contribution is 2.33. The molecule has 2 heterocycles. The number of amides is 1. The zero-order valence-corrected chi connectivity index (χ0v) is 13.0. The van der Waals surface area contributed by atoms with Gasteiger partial charge in [0.15, 0.2) is 5.82 Å². The van der Waals surface area contributed by atoms with Gasteiger partial charge >= 0.3 is 0 Å². The molecule has 0 atom stereocenters. The van der Waals surface area contributed by atoms with Gasteiger partial charge in [-0.1, -0.05) is 13.8 Å². The average Bonchev–Trinajstić information content (AvgIpc) is 2.58. The van der Waals surface area contributed by atoms with Crippen LogP contribution in [0.4, 0.5) is 11.5 Å². The van der Waals surface area contributed by atoms with Crippen LogP contribution in [0.25, 0.3) is 0 Å². The van der Waals surface area contributed by atoms with E-state index < -0.39 is 0 Å². The first-order valence-electron chi connectivity index (χ1n) is 7.21. The lowest BCUT2D eigenvalue weighted by Crippen LogP contribution is -2.36. The van der Waals surface area contributed by atoms with Crippen molar-refractivity contribution in [3.05, 3.63) is 11.5 Å². The predicted molar refractivity (Wildman–Crippen MR) is 81.4 cm³/mol. The van der Waals surface area contributed by atoms with Crippen LogP contribution < -0.4 is 9.80 Å². The van der Waals surface area contributed by atoms with Gasteiger partial charge in [0, 0.05) is 25.6 Å². The highest BCUT2D eigenvalue weighted by atomic mass is 35.5. The maximum atomic E-state index is 12.2. The van der Waals surface area contributed by atoms with Crippen LogP contribution in [0.5, 0.6) is 0 Å². The Bertz CT molecular complexity index is 490. The standard InChI is InChI=1S/C14H21ClN4O/c1-4-10(5-2)19-8-7-12(20)18(6-3)11-9-16-14(15)17-13(11)19/h9-10H,4-8H2,1-3H3. The number of hydrogen-bond donors (Lipinski definition) is 0. The molecule has 2 rings (SSSR count). The predicted octanol–water partition coefficient (Wildman–Crippen LogP) is 2.88. The molecule has 0 fully saturated rings. The molecule has 1 aromatic heterocycles. The quantitative estimate of drug-likeness (QED) is 0.802. The zero-order chi connectivity index (χ0) is 14.7. The molecule has 0 spiro atoms. The highest BCUT2D eigenvalue weighted by molar-refractivity contribution is 6.28. The molecule has 0 N–H and O–H groups in total. The summed E-state index contributed by atoms with van der Waals surface area (Å²) in [4.78, 5) is 24.6. The molecule has 0 saturated carbocycles. The monoisotopic (exact) mass is 296 g/mol. The Hall–Kier alpha value is -1.36. The summed E-state index contributed by atoms with van der Waals surface area (Å²) in [6.07, 6.45) is 4.18. The van der Waals surface area contributed by atoms with Crippen molar-refractivity contribution >= 4 is 29.0 Å². The first-order valence-corrected chi connectivity index (χ1v) is 7.59. The van der Waals surface area contributed by atoms with Crippen molar-refractivity contribution in [1.82, 2.24) is 9.97 Å². The van der Waals surface area contributed by atoms with Gasteiger partial charge in [0.25, 0.3) is 0 Å². The first kappa shape index (κ1) is 15.0. The minimum atomic E-state index is 0.119. The summed E-state index contributed by atoms with van der Waals surface area (Å²) < 4.78 is 0. The Morgan fingerprint density at radius 2 is 2.05 bits per heavy atom. The minimum absolute atomic E-state index is 0.119. The summed E-state index contributed by atoms with van der Waals surface area (Å²) in [6, 6.07) is 0.365. The van der Waals surface area contributed by atoms with Crippen LogP contribution in [0.2, 0.25) is 5.28 Å². The summed E-state index contributed by atoms with van der Waals surface area (Å²) >= 11 is 5.96. The fourth-order valence-electron chi connectivity index (χ4n) is 2.77. The van der Waals surface area contributed by atoms with Crippen molar-refractivity contribution in [3.8, 4) is 0 Å². The van der Waals surface area contributed by atoms with Crippen molar-refractivity contribution in [2.45, 2.75) is 46.1 Å². The zero-order valence-electron chi connectivity index (χ0n) is 12.3. The smallest absolute Gasteiger partial charge is 0.228 e. The van der Waals surface area contributed by atoms with E-state index in [1.54, 1.807) is 11.1 Å². The third kappa shape index (κ3) is 2.73. The molecule has 0 radical (unpaired) electrons. The molecule has 1 aliphatic heterocycles. The maximum absolute atomic E-state index is 12.2. The van der Waals surface area contributed by atoms with Crippen molar-refractivity contribution in [3.63, 3.8) is 0 Å². The second kappa shape index (κ2) is 6.39. The summed E-state index contributed by atoms with van der Waals surface area (Å²) in [6.45, 7) is 7.57. The van der Waals surface area contributed by atoms with Crippen LogP contribution in [0, 0.1) is 0 Å². The second-order valence-electron chi connectivity index (χ2n) is 4.90. The number of carbonyl (C=O) groups is 1. The molecule has 6 heteroatoms. The number of hydrogen-bond acceptors (Lipinski definition) is 4. The van der Waals surface area contributed by atoms with E-state index in [0.717, 1.165) is 24.3 Å². The Morgan fingerprint density at radius 1 is 1.35 bits per heavy atom. The van der Waals surface area contributed by atoms with Gasteiger partial charge in [0.05, 0.1) is 6.20 Å². The molecule has 1 aromatic rings. The van der Waals surface area contributed by atoms with Gasteiger partial charge in [-0.25, -0.2) is 4.98 Å². The second-order valence-corrected chi connectivity index (χ2v) is 5.24. The summed E-state index contributed by atoms with van der Waals surface area (Å²) in [5.41, 5.74) is 0.770. The number of fused-ring (bicyclic) bond motifs is 1. The van der Waals surface area contributed by atoms with E-state index >= 15 is 0 Å². The van der Waals surface area contributed by atoms with E-state index in [9.17, 15) is 4.79 Å². The third-order valence-corrected chi connectivity index (χ3v) is 4.03. The number of carbonyl (C=O) groups excluding carboxylic acids is 1. The molecule has 110 valence electrons. The summed E-state index contributed by atoms with van der Waals surface area (Å²) in [5.74, 6) is 0.902. The van der Waals surface area contributed by atoms with Crippen LogP contribution in [0.1, 0.15) is 40.0 Å². The van der Waals surface area contributed by atoms with Gasteiger partial charge in [-0.15, -0.1) is 0 Å². The normalized spacial score (nSPS) is 15.6. The average molecular weight is 297 g/mol. The van der Waals surface area contributed by atoms with Gasteiger partial charge in [0.1, 0.15) is 5.69 Å². The molecule has 20 heavy (non-hydrogen) atoms. The third-order valence-electron chi connectivity index (χ3n) is 3.85. The molecule has 0 bridgehead atoms. The molecule has 0 aliphatic carbocycles. The van der Waals surface area contributed by atoms with E-state index in [1.807, 2.05) is 6.92 Å². The van der Waals surface area contributed by atoms with Crippen molar-refractivity contribution in [2.75, 3.05) is 22.9 Å². The first-order chi connectivity index (χ1) is 9.62. The largest absolute Gasteiger partial charge is 0.351 e. The lowest BCUT2D eigenvalue weighted by Gasteiger charge is -2.31. The van der Waals surface area contributed by atoms with E-state index in [0.29, 0.717) is 25.6 Å². The molecular weight excluding hydrogens is 276 g/mol. The van der Waals surface area contributed by atoms with E-state index in [2.05, 4.69) is 28.7 Å². The highest BCUT2D eigenvalue weighted by Gasteiger charge is 2.29. The Labute approximate surface area is 124 Å². The molecule has 1 aliphatic rings. The minimum Gasteiger partial charge on any atom is -0.351 e. The van der Waals surface area contributed by atoms with Crippen LogP contribution >= 0.6 is 11.6 Å². The van der Waals surface area contributed by atoms with Gasteiger partial charge in [-0.3, -0.25) is 4.79 Å². The molecular formula is C14H21ClN4O. The van der Waals surface area contributed by atoms with Crippen molar-refractivity contribution in [1.29, 1.82) is 0 Å². The fourth-order valence-corrected chi connectivity index (χ4v) is 2.90. The van der Waals surface area contributed by atoms with Crippen LogP contribution in [-0.4, -0.2) is 35.0 Å². The van der Waals surface area contributed by atoms with E-state index in [4.69, 9.17) is 11.6 Å². The topological polar surface area (TPSA) is 49.3 Å². The number of rotatable bonds is 4. The fraction of sp³-hybridized carbons (Fsp3) is 0.643. The molecule has 5 nitrogen and oxygen atoms in total. The molecule has 0 aromatic carbocycles. The lowest BCUT2D eigenvalue weighted by atomic mass is 10.1. The lowest BCUT2D eigenvalue weighted by molar-refractivity contribution is -0.118. The molecule has 0 saturated heterocycles. The number of anilines is 2. The number of halogens is 1. The molecule has 0 unspecified atom stereocenters.